The number of fused-ring (bicyclic) bond motifs is 1. The van der Waals surface area contributed by atoms with Gasteiger partial charge in [-0.05, 0) is 12.8 Å². The molecule has 0 radical (unpaired) electrons. The number of hydrogen-bond acceptors (Lipinski definition) is 3. The van der Waals surface area contributed by atoms with Crippen molar-refractivity contribution in [2.45, 2.75) is 18.9 Å². The predicted octanol–water partition coefficient (Wildman–Crippen LogP) is 1.41. The molecule has 2 rings (SSSR count). The third kappa shape index (κ3) is 1.95. The summed E-state index contributed by atoms with van der Waals surface area (Å²) < 4.78 is 32.0. The van der Waals surface area contributed by atoms with Gasteiger partial charge in [-0.25, -0.2) is 13.6 Å². The summed E-state index contributed by atoms with van der Waals surface area (Å²) in [6, 6.07) is 0.578. The van der Waals surface area contributed by atoms with Gasteiger partial charge in [0, 0.05) is 11.6 Å². The molecule has 2 N–H and O–H groups in total. The molecule has 1 aliphatic heterocycles. The van der Waals surface area contributed by atoms with Gasteiger partial charge < -0.3 is 14.9 Å². The summed E-state index contributed by atoms with van der Waals surface area (Å²) in [6.07, 6.45) is -1.15. The van der Waals surface area contributed by atoms with Crippen LogP contribution in [0.3, 0.4) is 0 Å². The summed E-state index contributed by atoms with van der Waals surface area (Å²) in [5.41, 5.74) is -0.387. The molecule has 0 spiro atoms. The summed E-state index contributed by atoms with van der Waals surface area (Å²) in [5.74, 6) is -3.67. The smallest absolute Gasteiger partial charge is 0.337 e. The van der Waals surface area contributed by atoms with Gasteiger partial charge in [0.2, 0.25) is 0 Å². The first kappa shape index (κ1) is 11.8. The zero-order valence-electron chi connectivity index (χ0n) is 8.74. The molecular weight excluding hydrogens is 234 g/mol. The van der Waals surface area contributed by atoms with Crippen molar-refractivity contribution >= 4 is 5.97 Å². The van der Waals surface area contributed by atoms with Gasteiger partial charge in [0.05, 0.1) is 12.2 Å². The van der Waals surface area contributed by atoms with E-state index in [9.17, 15) is 18.7 Å². The van der Waals surface area contributed by atoms with Gasteiger partial charge >= 0.3 is 5.97 Å². The Bertz CT molecular complexity index is 473. The minimum atomic E-state index is -2.05. The number of hydrogen-bond donors (Lipinski definition) is 2. The molecule has 1 unspecified atom stereocenters. The topological polar surface area (TPSA) is 66.8 Å². The Labute approximate surface area is 95.4 Å². The van der Waals surface area contributed by atoms with Crippen LogP contribution >= 0.6 is 0 Å². The zero-order valence-corrected chi connectivity index (χ0v) is 8.74. The van der Waals surface area contributed by atoms with E-state index in [4.69, 9.17) is 9.84 Å². The maximum absolute atomic E-state index is 13.5. The maximum Gasteiger partial charge on any atom is 0.337 e. The number of aliphatic hydroxyl groups is 1. The lowest BCUT2D eigenvalue weighted by molar-refractivity contribution is -0.147. The molecule has 4 nitrogen and oxygen atoms in total. The van der Waals surface area contributed by atoms with Crippen molar-refractivity contribution in [1.29, 1.82) is 0 Å². The highest BCUT2D eigenvalue weighted by atomic mass is 19.1. The van der Waals surface area contributed by atoms with Crippen molar-refractivity contribution in [3.05, 3.63) is 28.8 Å². The first-order valence-electron chi connectivity index (χ1n) is 5.06. The van der Waals surface area contributed by atoms with E-state index in [0.29, 0.717) is 18.9 Å². The van der Waals surface area contributed by atoms with Gasteiger partial charge in [0.15, 0.2) is 6.10 Å². The normalized spacial score (nSPS) is 15.9. The van der Waals surface area contributed by atoms with Crippen LogP contribution in [0.2, 0.25) is 0 Å². The van der Waals surface area contributed by atoms with Gasteiger partial charge in [0.1, 0.15) is 17.4 Å². The van der Waals surface area contributed by atoms with Crippen molar-refractivity contribution < 1.29 is 28.5 Å². The number of carbonyl (C=O) groups is 1. The van der Waals surface area contributed by atoms with Crippen LogP contribution in [0.1, 0.15) is 23.7 Å². The van der Waals surface area contributed by atoms with E-state index in [1.807, 2.05) is 0 Å². The number of aliphatic hydroxyl groups excluding tert-OH is 1. The molecule has 0 saturated carbocycles. The molecule has 0 aromatic heterocycles. The Morgan fingerprint density at radius 3 is 2.76 bits per heavy atom. The average Bonchev–Trinajstić information content (AvgIpc) is 2.28. The van der Waals surface area contributed by atoms with Crippen molar-refractivity contribution in [3.63, 3.8) is 0 Å². The largest absolute Gasteiger partial charge is 0.493 e. The van der Waals surface area contributed by atoms with E-state index in [1.54, 1.807) is 0 Å². The van der Waals surface area contributed by atoms with Gasteiger partial charge in [-0.2, -0.15) is 0 Å². The van der Waals surface area contributed by atoms with E-state index in [2.05, 4.69) is 0 Å². The van der Waals surface area contributed by atoms with E-state index in [-0.39, 0.29) is 17.9 Å². The number of aliphatic carboxylic acids is 1. The SMILES string of the molecule is O=C(O)C(O)c1c(F)cc(F)c2c1OCCC2. The standard InChI is InChI=1S/C11H10F2O4/c12-6-4-7(13)8(9(14)11(15)16)10-5(6)2-1-3-17-10/h4,9,14H,1-3H2,(H,15,16). The molecule has 1 heterocycles. The van der Waals surface area contributed by atoms with E-state index in [0.717, 1.165) is 0 Å². The van der Waals surface area contributed by atoms with Crippen LogP contribution in [0.5, 0.6) is 5.75 Å². The van der Waals surface area contributed by atoms with Crippen molar-refractivity contribution in [2.24, 2.45) is 0 Å². The fraction of sp³-hybridized carbons (Fsp3) is 0.364. The summed E-state index contributed by atoms with van der Waals surface area (Å²) in [7, 11) is 0. The van der Waals surface area contributed by atoms with Crippen LogP contribution in [-0.4, -0.2) is 22.8 Å². The molecule has 0 amide bonds. The predicted molar refractivity (Wildman–Crippen MR) is 52.8 cm³/mol. The van der Waals surface area contributed by atoms with Crippen molar-refractivity contribution in [2.75, 3.05) is 6.61 Å². The van der Waals surface area contributed by atoms with Gasteiger partial charge in [-0.1, -0.05) is 0 Å². The first-order valence-corrected chi connectivity index (χ1v) is 5.06. The molecule has 17 heavy (non-hydrogen) atoms. The van der Waals surface area contributed by atoms with E-state index < -0.39 is 29.3 Å². The fourth-order valence-corrected chi connectivity index (χ4v) is 1.85. The number of carboxylic acids is 1. The molecule has 0 fully saturated rings. The molecule has 1 aromatic rings. The van der Waals surface area contributed by atoms with Crippen molar-refractivity contribution in [3.8, 4) is 5.75 Å². The van der Waals surface area contributed by atoms with Crippen LogP contribution in [0.15, 0.2) is 6.07 Å². The number of rotatable bonds is 2. The summed E-state index contributed by atoms with van der Waals surface area (Å²) in [4.78, 5) is 10.7. The Morgan fingerprint density at radius 2 is 2.12 bits per heavy atom. The van der Waals surface area contributed by atoms with Crippen molar-refractivity contribution in [1.82, 2.24) is 0 Å². The van der Waals surface area contributed by atoms with Gasteiger partial charge in [-0.3, -0.25) is 0 Å². The lowest BCUT2D eigenvalue weighted by atomic mass is 9.98. The van der Waals surface area contributed by atoms with E-state index >= 15 is 0 Å². The highest BCUT2D eigenvalue weighted by molar-refractivity contribution is 5.75. The minimum Gasteiger partial charge on any atom is -0.493 e. The number of carboxylic acid groups (broad SMARTS) is 1. The molecule has 6 heteroatoms. The van der Waals surface area contributed by atoms with Crippen LogP contribution in [0, 0.1) is 11.6 Å². The van der Waals surface area contributed by atoms with Crippen LogP contribution < -0.4 is 4.74 Å². The third-order valence-electron chi connectivity index (χ3n) is 2.64. The minimum absolute atomic E-state index is 0.118. The second-order valence-corrected chi connectivity index (χ2v) is 3.75. The molecule has 1 aromatic carbocycles. The molecule has 1 aliphatic rings. The maximum atomic E-state index is 13.5. The van der Waals surface area contributed by atoms with Gasteiger partial charge in [0.25, 0.3) is 0 Å². The van der Waals surface area contributed by atoms with E-state index in [1.165, 1.54) is 0 Å². The lowest BCUT2D eigenvalue weighted by Gasteiger charge is -2.22. The van der Waals surface area contributed by atoms with Crippen LogP contribution in [-0.2, 0) is 11.2 Å². The Morgan fingerprint density at radius 1 is 1.41 bits per heavy atom. The first-order chi connectivity index (χ1) is 8.02. The van der Waals surface area contributed by atoms with Crippen LogP contribution in [0.25, 0.3) is 0 Å². The fourth-order valence-electron chi connectivity index (χ4n) is 1.85. The highest BCUT2D eigenvalue weighted by Crippen LogP contribution is 2.36. The average molecular weight is 244 g/mol. The monoisotopic (exact) mass is 244 g/mol. The quantitative estimate of drug-likeness (QED) is 0.825. The van der Waals surface area contributed by atoms with Gasteiger partial charge in [-0.15, -0.1) is 0 Å². The number of ether oxygens (including phenoxy) is 1. The number of halogens is 2. The zero-order chi connectivity index (χ0) is 12.6. The number of benzene rings is 1. The molecule has 0 aliphatic carbocycles. The lowest BCUT2D eigenvalue weighted by Crippen LogP contribution is -2.19. The molecular formula is C11H10F2O4. The summed E-state index contributed by atoms with van der Waals surface area (Å²) >= 11 is 0. The molecule has 0 bridgehead atoms. The summed E-state index contributed by atoms with van der Waals surface area (Å²) in [5, 5.41) is 18.0. The Kier molecular flexibility index (Phi) is 2.97. The van der Waals surface area contributed by atoms with Crippen LogP contribution in [0.4, 0.5) is 8.78 Å². The third-order valence-corrected chi connectivity index (χ3v) is 2.64. The molecule has 92 valence electrons. The Balaban J connectivity index is 2.61. The Hall–Kier alpha value is -1.69. The molecule has 1 atom stereocenters. The molecule has 0 saturated heterocycles. The second kappa shape index (κ2) is 4.29. The highest BCUT2D eigenvalue weighted by Gasteiger charge is 2.30. The second-order valence-electron chi connectivity index (χ2n) is 3.75. The summed E-state index contributed by atoms with van der Waals surface area (Å²) in [6.45, 7) is 0.245.